The number of anilines is 1. The molecule has 0 saturated heterocycles. The van der Waals surface area contributed by atoms with Gasteiger partial charge in [-0.2, -0.15) is 13.3 Å². The third-order valence-corrected chi connectivity index (χ3v) is 4.75. The van der Waals surface area contributed by atoms with Gasteiger partial charge in [0.2, 0.25) is 11.0 Å². The largest absolute Gasteiger partial charge is 0.461 e. The molecule has 11 heteroatoms. The number of hydrogen-bond donors (Lipinski definition) is 0. The topological polar surface area (TPSA) is 90.5 Å². The second-order valence-electron chi connectivity index (χ2n) is 7.42. The van der Waals surface area contributed by atoms with Crippen molar-refractivity contribution in [3.8, 4) is 11.6 Å². The first-order chi connectivity index (χ1) is 14.5. The molecule has 1 amide bonds. The van der Waals surface area contributed by atoms with E-state index in [1.807, 2.05) is 0 Å². The van der Waals surface area contributed by atoms with Crippen molar-refractivity contribution in [3.63, 3.8) is 0 Å². The van der Waals surface area contributed by atoms with Gasteiger partial charge < -0.3 is 14.1 Å². The van der Waals surface area contributed by atoms with Crippen LogP contribution in [0.3, 0.4) is 0 Å². The van der Waals surface area contributed by atoms with Crippen LogP contribution in [0.15, 0.2) is 58.3 Å². The number of para-hydroxylation sites is 1. The van der Waals surface area contributed by atoms with Gasteiger partial charge in [-0.25, -0.2) is 4.79 Å². The number of amides is 1. The van der Waals surface area contributed by atoms with E-state index in [9.17, 15) is 18.4 Å². The number of thioether (sulfide) groups is 1. The Hall–Kier alpha value is -3.21. The summed E-state index contributed by atoms with van der Waals surface area (Å²) in [5.74, 6) is -1.48. The summed E-state index contributed by atoms with van der Waals surface area (Å²) in [5.41, 5.74) is -0.618. The minimum Gasteiger partial charge on any atom is -0.461 e. The van der Waals surface area contributed by atoms with Crippen molar-refractivity contribution in [2.75, 3.05) is 11.9 Å². The van der Waals surface area contributed by atoms with E-state index in [0.717, 1.165) is 9.47 Å². The van der Waals surface area contributed by atoms with Crippen LogP contribution < -0.4 is 4.90 Å². The minimum atomic E-state index is -3.95. The molecule has 2 heterocycles. The Labute approximate surface area is 181 Å². The van der Waals surface area contributed by atoms with E-state index < -0.39 is 28.0 Å². The van der Waals surface area contributed by atoms with Crippen LogP contribution in [-0.4, -0.2) is 44.7 Å². The molecule has 0 bridgehead atoms. The lowest BCUT2D eigenvalue weighted by atomic mass is 10.2. The normalized spacial score (nSPS) is 11.9. The number of furan rings is 1. The van der Waals surface area contributed by atoms with Crippen LogP contribution in [0.25, 0.3) is 11.6 Å². The van der Waals surface area contributed by atoms with Crippen molar-refractivity contribution in [1.29, 1.82) is 0 Å². The van der Waals surface area contributed by atoms with Gasteiger partial charge in [0, 0.05) is 12.7 Å². The Morgan fingerprint density at radius 1 is 1.10 bits per heavy atom. The van der Waals surface area contributed by atoms with Gasteiger partial charge in [0.25, 0.3) is 0 Å². The lowest BCUT2D eigenvalue weighted by Gasteiger charge is -2.23. The second kappa shape index (κ2) is 8.50. The van der Waals surface area contributed by atoms with Crippen molar-refractivity contribution in [1.82, 2.24) is 14.8 Å². The smallest absolute Gasteiger partial charge is 0.422 e. The van der Waals surface area contributed by atoms with Crippen molar-refractivity contribution in [2.45, 2.75) is 36.8 Å². The Morgan fingerprint density at radius 2 is 1.77 bits per heavy atom. The summed E-state index contributed by atoms with van der Waals surface area (Å²) in [4.78, 5) is 26.0. The van der Waals surface area contributed by atoms with Gasteiger partial charge in [-0.05, 0) is 56.8 Å². The highest BCUT2D eigenvalue weighted by Crippen LogP contribution is 2.38. The van der Waals surface area contributed by atoms with Crippen LogP contribution in [0.2, 0.25) is 0 Å². The molecule has 0 saturated carbocycles. The van der Waals surface area contributed by atoms with Gasteiger partial charge >= 0.3 is 17.3 Å². The van der Waals surface area contributed by atoms with E-state index >= 15 is 0 Å². The molecule has 0 aliphatic carbocycles. The molecule has 0 spiro atoms. The Balaban J connectivity index is 1.94. The van der Waals surface area contributed by atoms with E-state index in [1.54, 1.807) is 45.0 Å². The molecule has 1 aromatic carbocycles. The molecule has 0 fully saturated rings. The summed E-state index contributed by atoms with van der Waals surface area (Å²) < 4.78 is 41.1. The van der Waals surface area contributed by atoms with Crippen LogP contribution in [0.1, 0.15) is 20.8 Å². The quantitative estimate of drug-likeness (QED) is 0.522. The molecular formula is C20H20F2N4O4S. The molecule has 2 aromatic heterocycles. The Bertz CT molecular complexity index is 1060. The third kappa shape index (κ3) is 5.10. The summed E-state index contributed by atoms with van der Waals surface area (Å²) in [6.07, 6.45) is 0.356. The predicted octanol–water partition coefficient (Wildman–Crippen LogP) is 4.67. The number of hydrogen-bond acceptors (Lipinski definition) is 7. The number of alkyl halides is 2. The molecule has 164 valence electrons. The zero-order chi connectivity index (χ0) is 22.8. The lowest BCUT2D eigenvalue weighted by Crippen LogP contribution is -2.39. The number of aromatic nitrogens is 3. The first-order valence-corrected chi connectivity index (χ1v) is 9.94. The van der Waals surface area contributed by atoms with Crippen LogP contribution >= 0.6 is 11.8 Å². The van der Waals surface area contributed by atoms with Gasteiger partial charge in [-0.1, -0.05) is 18.2 Å². The van der Waals surface area contributed by atoms with E-state index in [4.69, 9.17) is 9.15 Å². The number of benzene rings is 1. The predicted molar refractivity (Wildman–Crippen MR) is 110 cm³/mol. The van der Waals surface area contributed by atoms with Gasteiger partial charge in [-0.15, -0.1) is 10.2 Å². The number of carbonyl (C=O) groups excluding carboxylic acids is 2. The number of rotatable bonds is 5. The Morgan fingerprint density at radius 3 is 2.35 bits per heavy atom. The van der Waals surface area contributed by atoms with Crippen LogP contribution in [0, 0.1) is 0 Å². The highest BCUT2D eigenvalue weighted by molar-refractivity contribution is 8.01. The lowest BCUT2D eigenvalue weighted by molar-refractivity contribution is -0.131. The number of carbonyl (C=O) groups is 2. The fourth-order valence-electron chi connectivity index (χ4n) is 2.50. The highest BCUT2D eigenvalue weighted by atomic mass is 32.2. The molecule has 31 heavy (non-hydrogen) atoms. The fourth-order valence-corrected chi connectivity index (χ4v) is 3.28. The number of nitrogens with zero attached hydrogens (tertiary/aromatic N) is 4. The van der Waals surface area contributed by atoms with Gasteiger partial charge in [0.05, 0.1) is 6.26 Å². The summed E-state index contributed by atoms with van der Waals surface area (Å²) in [7, 11) is 1.24. The summed E-state index contributed by atoms with van der Waals surface area (Å²) in [6.45, 7) is 4.88. The first kappa shape index (κ1) is 22.5. The Kier molecular flexibility index (Phi) is 6.16. The van der Waals surface area contributed by atoms with Gasteiger partial charge in [-0.3, -0.25) is 4.79 Å². The van der Waals surface area contributed by atoms with E-state index in [0.29, 0.717) is 0 Å². The molecule has 0 atom stereocenters. The van der Waals surface area contributed by atoms with Crippen LogP contribution in [0.5, 0.6) is 0 Å². The summed E-state index contributed by atoms with van der Waals surface area (Å²) in [6, 6.07) is 11.0. The zero-order valence-corrected chi connectivity index (χ0v) is 18.0. The second-order valence-corrected chi connectivity index (χ2v) is 8.50. The van der Waals surface area contributed by atoms with Crippen LogP contribution in [-0.2, 0) is 9.53 Å². The molecule has 0 radical (unpaired) electrons. The SMILES string of the molecule is CN(C(=O)C(F)(F)Sc1nnc(-c2ccco2)n1C(=O)OC(C)(C)C)c1ccccc1. The van der Waals surface area contributed by atoms with Crippen molar-refractivity contribution in [3.05, 3.63) is 48.7 Å². The monoisotopic (exact) mass is 450 g/mol. The molecule has 0 aliphatic rings. The van der Waals surface area contributed by atoms with Crippen molar-refractivity contribution >= 4 is 29.4 Å². The standard InChI is InChI=1S/C20H20F2N4O4S/c1-19(2,3)30-18(28)26-15(14-11-8-12-29-14)23-24-17(26)31-20(21,22)16(27)25(4)13-9-6-5-7-10-13/h5-12H,1-4H3. The zero-order valence-electron chi connectivity index (χ0n) is 17.2. The number of ether oxygens (including phenoxy) is 1. The first-order valence-electron chi connectivity index (χ1n) is 9.12. The molecule has 0 aliphatic heterocycles. The third-order valence-electron chi connectivity index (χ3n) is 3.87. The van der Waals surface area contributed by atoms with E-state index in [1.165, 1.54) is 31.5 Å². The van der Waals surface area contributed by atoms with Crippen molar-refractivity contribution < 1.29 is 27.5 Å². The van der Waals surface area contributed by atoms with E-state index in [2.05, 4.69) is 10.2 Å². The number of halogens is 2. The molecule has 8 nitrogen and oxygen atoms in total. The summed E-state index contributed by atoms with van der Waals surface area (Å²) in [5, 5.41) is 3.02. The average Bonchev–Trinajstić information content (AvgIpc) is 3.35. The maximum absolute atomic E-state index is 14.9. The average molecular weight is 450 g/mol. The van der Waals surface area contributed by atoms with Gasteiger partial charge in [0.15, 0.2) is 5.76 Å². The molecular weight excluding hydrogens is 430 g/mol. The maximum atomic E-state index is 14.9. The molecule has 0 N–H and O–H groups in total. The fraction of sp³-hybridized carbons (Fsp3) is 0.300. The maximum Gasteiger partial charge on any atom is 0.422 e. The highest BCUT2D eigenvalue weighted by Gasteiger charge is 2.45. The molecule has 3 aromatic rings. The minimum absolute atomic E-state index is 0.124. The molecule has 0 unspecified atom stereocenters. The molecule has 3 rings (SSSR count). The summed E-state index contributed by atoms with van der Waals surface area (Å²) >= 11 is -0.202. The van der Waals surface area contributed by atoms with Crippen LogP contribution in [0.4, 0.5) is 19.3 Å². The van der Waals surface area contributed by atoms with Crippen molar-refractivity contribution in [2.24, 2.45) is 0 Å². The van der Waals surface area contributed by atoms with E-state index in [-0.39, 0.29) is 29.0 Å². The van der Waals surface area contributed by atoms with Gasteiger partial charge in [0.1, 0.15) is 5.60 Å².